The van der Waals surface area contributed by atoms with Gasteiger partial charge in [-0.05, 0) is 27.4 Å². The van der Waals surface area contributed by atoms with E-state index in [1.807, 2.05) is 23.9 Å². The van der Waals surface area contributed by atoms with Crippen molar-refractivity contribution >= 4 is 5.97 Å². The third-order valence-corrected chi connectivity index (χ3v) is 2.80. The monoisotopic (exact) mass is 230 g/mol. The van der Waals surface area contributed by atoms with Gasteiger partial charge in [0.05, 0.1) is 12.7 Å². The average molecular weight is 230 g/mol. The molecule has 1 rings (SSSR count). The highest BCUT2D eigenvalue weighted by molar-refractivity contribution is 5.76. The van der Waals surface area contributed by atoms with E-state index in [0.29, 0.717) is 13.1 Å². The molecule has 2 unspecified atom stereocenters. The summed E-state index contributed by atoms with van der Waals surface area (Å²) in [5.74, 6) is -0.202. The van der Waals surface area contributed by atoms with Gasteiger partial charge in [0.15, 0.2) is 0 Å². The molecule has 0 aromatic rings. The maximum Gasteiger partial charge on any atom is 0.323 e. The zero-order valence-electron chi connectivity index (χ0n) is 10.6. The molecule has 0 saturated carbocycles. The maximum atomic E-state index is 11.4. The summed E-state index contributed by atoms with van der Waals surface area (Å²) in [6, 6.07) is -0.168. The van der Waals surface area contributed by atoms with Gasteiger partial charge in [-0.1, -0.05) is 0 Å². The molecule has 16 heavy (non-hydrogen) atoms. The van der Waals surface area contributed by atoms with Gasteiger partial charge in [-0.25, -0.2) is 0 Å². The average Bonchev–Trinajstić information content (AvgIpc) is 2.10. The number of likely N-dealkylation sites (N-methyl/N-ethyl adjacent to an activating group) is 1. The quantitative estimate of drug-likeness (QED) is 0.648. The van der Waals surface area contributed by atoms with Crippen molar-refractivity contribution in [2.24, 2.45) is 0 Å². The molecule has 5 heteroatoms. The topological polar surface area (TPSA) is 53.0 Å². The Kier molecular flexibility index (Phi) is 4.29. The molecule has 2 atom stereocenters. The summed E-state index contributed by atoms with van der Waals surface area (Å²) in [5, 5.41) is 10.2. The van der Waals surface area contributed by atoms with Crippen LogP contribution < -0.4 is 0 Å². The SMILES string of the molecule is COC(=O)C1CCN1CC(C)(O)CN(C)C. The highest BCUT2D eigenvalue weighted by Gasteiger charge is 2.38. The molecule has 0 bridgehead atoms. The molecule has 1 N–H and O–H groups in total. The van der Waals surface area contributed by atoms with Crippen LogP contribution in [0.1, 0.15) is 13.3 Å². The maximum absolute atomic E-state index is 11.4. The smallest absolute Gasteiger partial charge is 0.323 e. The van der Waals surface area contributed by atoms with E-state index < -0.39 is 5.60 Å². The molecule has 5 nitrogen and oxygen atoms in total. The van der Waals surface area contributed by atoms with Crippen LogP contribution in [-0.4, -0.2) is 73.4 Å². The number of hydrogen-bond donors (Lipinski definition) is 1. The first-order chi connectivity index (χ1) is 7.35. The van der Waals surface area contributed by atoms with Gasteiger partial charge in [0.2, 0.25) is 0 Å². The van der Waals surface area contributed by atoms with Crippen LogP contribution in [0.15, 0.2) is 0 Å². The van der Waals surface area contributed by atoms with Crippen LogP contribution in [0.3, 0.4) is 0 Å². The first-order valence-electron chi connectivity index (χ1n) is 5.55. The van der Waals surface area contributed by atoms with E-state index in [2.05, 4.69) is 0 Å². The lowest BCUT2D eigenvalue weighted by Crippen LogP contribution is -2.59. The van der Waals surface area contributed by atoms with E-state index in [9.17, 15) is 9.90 Å². The zero-order valence-corrected chi connectivity index (χ0v) is 10.6. The van der Waals surface area contributed by atoms with Crippen molar-refractivity contribution < 1.29 is 14.6 Å². The zero-order chi connectivity index (χ0) is 12.3. The summed E-state index contributed by atoms with van der Waals surface area (Å²) in [6.45, 7) is 3.73. The number of hydrogen-bond acceptors (Lipinski definition) is 5. The number of aliphatic hydroxyl groups is 1. The summed E-state index contributed by atoms with van der Waals surface area (Å²) in [4.78, 5) is 15.3. The fraction of sp³-hybridized carbons (Fsp3) is 0.909. The number of esters is 1. The van der Waals surface area contributed by atoms with Gasteiger partial charge >= 0.3 is 5.97 Å². The van der Waals surface area contributed by atoms with Crippen LogP contribution in [0.25, 0.3) is 0 Å². The molecule has 1 aliphatic rings. The fourth-order valence-corrected chi connectivity index (χ4v) is 2.20. The van der Waals surface area contributed by atoms with Crippen LogP contribution in [0.5, 0.6) is 0 Å². The first-order valence-corrected chi connectivity index (χ1v) is 5.55. The van der Waals surface area contributed by atoms with Crippen LogP contribution >= 0.6 is 0 Å². The summed E-state index contributed by atoms with van der Waals surface area (Å²) in [7, 11) is 5.24. The van der Waals surface area contributed by atoms with E-state index in [0.717, 1.165) is 13.0 Å². The molecular weight excluding hydrogens is 208 g/mol. The minimum absolute atomic E-state index is 0.168. The highest BCUT2D eigenvalue weighted by atomic mass is 16.5. The van der Waals surface area contributed by atoms with Crippen molar-refractivity contribution in [2.45, 2.75) is 25.0 Å². The normalized spacial score (nSPS) is 25.0. The van der Waals surface area contributed by atoms with Crippen molar-refractivity contribution in [2.75, 3.05) is 40.8 Å². The standard InChI is InChI=1S/C11H22N2O3/c1-11(15,7-12(2)3)8-13-6-5-9(13)10(14)16-4/h9,15H,5-8H2,1-4H3. The third-order valence-electron chi connectivity index (χ3n) is 2.80. The Labute approximate surface area is 97.0 Å². The number of β-amino-alcohol motifs (C(OH)–C–C–N with tert-alkyl or cyclic N) is 1. The number of ether oxygens (including phenoxy) is 1. The van der Waals surface area contributed by atoms with Gasteiger partial charge in [0.25, 0.3) is 0 Å². The van der Waals surface area contributed by atoms with Crippen molar-refractivity contribution in [3.63, 3.8) is 0 Å². The largest absolute Gasteiger partial charge is 0.468 e. The lowest BCUT2D eigenvalue weighted by atomic mass is 9.98. The molecular formula is C11H22N2O3. The number of likely N-dealkylation sites (tertiary alicyclic amines) is 1. The predicted molar refractivity (Wildman–Crippen MR) is 61.2 cm³/mol. The van der Waals surface area contributed by atoms with E-state index in [4.69, 9.17) is 4.74 Å². The molecule has 0 aliphatic carbocycles. The Balaban J connectivity index is 2.45. The fourth-order valence-electron chi connectivity index (χ4n) is 2.20. The molecule has 0 amide bonds. The van der Waals surface area contributed by atoms with Crippen LogP contribution in [0.2, 0.25) is 0 Å². The molecule has 1 aliphatic heterocycles. The minimum atomic E-state index is -0.795. The molecule has 0 radical (unpaired) electrons. The van der Waals surface area contributed by atoms with E-state index >= 15 is 0 Å². The molecule has 94 valence electrons. The first kappa shape index (κ1) is 13.4. The highest BCUT2D eigenvalue weighted by Crippen LogP contribution is 2.21. The molecule has 0 spiro atoms. The molecule has 0 aromatic heterocycles. The van der Waals surface area contributed by atoms with Crippen LogP contribution in [0.4, 0.5) is 0 Å². The molecule has 1 fully saturated rings. The van der Waals surface area contributed by atoms with Gasteiger partial charge in [-0.2, -0.15) is 0 Å². The second-order valence-corrected chi connectivity index (χ2v) is 5.03. The van der Waals surface area contributed by atoms with Crippen LogP contribution in [-0.2, 0) is 9.53 Å². The van der Waals surface area contributed by atoms with Crippen molar-refractivity contribution in [1.82, 2.24) is 9.80 Å². The van der Waals surface area contributed by atoms with Gasteiger partial charge in [0.1, 0.15) is 6.04 Å². The number of carbonyl (C=O) groups excluding carboxylic acids is 1. The van der Waals surface area contributed by atoms with Crippen molar-refractivity contribution in [3.8, 4) is 0 Å². The lowest BCUT2D eigenvalue weighted by molar-refractivity contribution is -0.154. The number of carbonyl (C=O) groups is 1. The van der Waals surface area contributed by atoms with Gasteiger partial charge in [-0.15, -0.1) is 0 Å². The molecule has 1 saturated heterocycles. The minimum Gasteiger partial charge on any atom is -0.468 e. The van der Waals surface area contributed by atoms with Gasteiger partial charge in [-0.3, -0.25) is 9.69 Å². The second-order valence-electron chi connectivity index (χ2n) is 5.03. The van der Waals surface area contributed by atoms with Gasteiger partial charge in [0, 0.05) is 19.6 Å². The summed E-state index contributed by atoms with van der Waals surface area (Å²) in [6.07, 6.45) is 0.824. The molecule has 0 aromatic carbocycles. The summed E-state index contributed by atoms with van der Waals surface area (Å²) in [5.41, 5.74) is -0.795. The van der Waals surface area contributed by atoms with E-state index in [1.165, 1.54) is 7.11 Å². The summed E-state index contributed by atoms with van der Waals surface area (Å²) >= 11 is 0. The third kappa shape index (κ3) is 3.43. The summed E-state index contributed by atoms with van der Waals surface area (Å²) < 4.78 is 4.71. The van der Waals surface area contributed by atoms with E-state index in [-0.39, 0.29) is 12.0 Å². The number of rotatable bonds is 5. The second kappa shape index (κ2) is 5.12. The number of nitrogens with zero attached hydrogens (tertiary/aromatic N) is 2. The van der Waals surface area contributed by atoms with E-state index in [1.54, 1.807) is 6.92 Å². The lowest BCUT2D eigenvalue weighted by Gasteiger charge is -2.43. The Bertz CT molecular complexity index is 254. The Hall–Kier alpha value is -0.650. The van der Waals surface area contributed by atoms with Gasteiger partial charge < -0.3 is 14.7 Å². The molecule has 1 heterocycles. The predicted octanol–water partition coefficient (Wildman–Crippen LogP) is -0.454. The van der Waals surface area contributed by atoms with Crippen LogP contribution in [0, 0.1) is 0 Å². The van der Waals surface area contributed by atoms with Crippen molar-refractivity contribution in [1.29, 1.82) is 0 Å². The Morgan fingerprint density at radius 2 is 2.25 bits per heavy atom. The van der Waals surface area contributed by atoms with Crippen molar-refractivity contribution in [3.05, 3.63) is 0 Å². The Morgan fingerprint density at radius 3 is 2.62 bits per heavy atom. The number of methoxy groups -OCH3 is 1. The Morgan fingerprint density at radius 1 is 1.62 bits per heavy atom.